The van der Waals surface area contributed by atoms with Crippen LogP contribution in [0.15, 0.2) is 59.1 Å². The summed E-state index contributed by atoms with van der Waals surface area (Å²) < 4.78 is 6.78. The van der Waals surface area contributed by atoms with Crippen molar-refractivity contribution in [1.82, 2.24) is 5.43 Å². The molecule has 2 aromatic carbocycles. The van der Waals surface area contributed by atoms with Crippen molar-refractivity contribution in [3.63, 3.8) is 0 Å². The molecule has 0 amide bonds. The lowest BCUT2D eigenvalue weighted by molar-refractivity contribution is 0.264. The van der Waals surface area contributed by atoms with Crippen LogP contribution in [0.2, 0.25) is 0 Å². The van der Waals surface area contributed by atoms with Crippen LogP contribution in [0.25, 0.3) is 0 Å². The van der Waals surface area contributed by atoms with E-state index in [0.29, 0.717) is 6.61 Å². The Kier molecular flexibility index (Phi) is 5.39. The predicted octanol–water partition coefficient (Wildman–Crippen LogP) is 2.90. The zero-order valence-electron chi connectivity index (χ0n) is 10.6. The van der Waals surface area contributed by atoms with E-state index in [-0.39, 0.29) is 6.04 Å². The minimum absolute atomic E-state index is 0.0782. The molecule has 0 aliphatic rings. The van der Waals surface area contributed by atoms with Crippen molar-refractivity contribution in [3.05, 3.63) is 64.6 Å². The molecule has 0 fully saturated rings. The van der Waals surface area contributed by atoms with E-state index in [2.05, 4.69) is 33.5 Å². The maximum atomic E-state index is 5.71. The largest absolute Gasteiger partial charge is 0.492 e. The fourth-order valence-corrected chi connectivity index (χ4v) is 2.27. The van der Waals surface area contributed by atoms with Gasteiger partial charge in [0.05, 0.1) is 6.04 Å². The second kappa shape index (κ2) is 7.28. The minimum Gasteiger partial charge on any atom is -0.492 e. The van der Waals surface area contributed by atoms with Crippen molar-refractivity contribution >= 4 is 15.9 Å². The Morgan fingerprint density at radius 3 is 2.58 bits per heavy atom. The molecule has 0 aromatic heterocycles. The molecular formula is C15H17BrN2O. The summed E-state index contributed by atoms with van der Waals surface area (Å²) in [6, 6.07) is 18.0. The molecule has 3 N–H and O–H groups in total. The van der Waals surface area contributed by atoms with Gasteiger partial charge in [0.2, 0.25) is 0 Å². The zero-order valence-corrected chi connectivity index (χ0v) is 12.1. The molecule has 2 aromatic rings. The van der Waals surface area contributed by atoms with Crippen LogP contribution in [0.3, 0.4) is 0 Å². The van der Waals surface area contributed by atoms with Crippen molar-refractivity contribution in [3.8, 4) is 5.75 Å². The molecule has 0 aliphatic heterocycles. The van der Waals surface area contributed by atoms with Crippen LogP contribution in [0.1, 0.15) is 5.56 Å². The van der Waals surface area contributed by atoms with E-state index in [0.717, 1.165) is 16.6 Å². The standard InChI is InChI=1S/C15H17BrN2O/c16-13-6-4-5-12(9-13)10-14(18-17)11-19-15-7-2-1-3-8-15/h1-9,14,18H,10-11,17H2. The normalized spacial score (nSPS) is 12.1. The third kappa shape index (κ3) is 4.67. The molecule has 0 saturated heterocycles. The summed E-state index contributed by atoms with van der Waals surface area (Å²) in [4.78, 5) is 0. The Morgan fingerprint density at radius 1 is 1.11 bits per heavy atom. The third-order valence-corrected chi connectivity index (χ3v) is 3.29. The van der Waals surface area contributed by atoms with Gasteiger partial charge in [-0.3, -0.25) is 11.3 Å². The number of benzene rings is 2. The van der Waals surface area contributed by atoms with Gasteiger partial charge in [-0.05, 0) is 36.2 Å². The molecule has 0 saturated carbocycles. The fourth-order valence-electron chi connectivity index (χ4n) is 1.83. The summed E-state index contributed by atoms with van der Waals surface area (Å²) >= 11 is 3.47. The van der Waals surface area contributed by atoms with E-state index < -0.39 is 0 Å². The number of nitrogens with one attached hydrogen (secondary N) is 1. The summed E-state index contributed by atoms with van der Waals surface area (Å²) in [6.07, 6.45) is 0.822. The lowest BCUT2D eigenvalue weighted by Gasteiger charge is -2.17. The minimum atomic E-state index is 0.0782. The molecule has 100 valence electrons. The SMILES string of the molecule is NNC(COc1ccccc1)Cc1cccc(Br)c1. The van der Waals surface area contributed by atoms with Crippen molar-refractivity contribution < 1.29 is 4.74 Å². The molecule has 2 rings (SSSR count). The highest BCUT2D eigenvalue weighted by molar-refractivity contribution is 9.10. The van der Waals surface area contributed by atoms with Gasteiger partial charge < -0.3 is 4.74 Å². The number of para-hydroxylation sites is 1. The van der Waals surface area contributed by atoms with Gasteiger partial charge in [-0.2, -0.15) is 0 Å². The number of rotatable bonds is 6. The van der Waals surface area contributed by atoms with Crippen LogP contribution < -0.4 is 16.0 Å². The maximum absolute atomic E-state index is 5.71. The van der Waals surface area contributed by atoms with E-state index in [1.54, 1.807) is 0 Å². The first-order chi connectivity index (χ1) is 9.28. The Bertz CT molecular complexity index is 505. The van der Waals surface area contributed by atoms with E-state index in [1.807, 2.05) is 42.5 Å². The number of hydrogen-bond donors (Lipinski definition) is 2. The molecule has 4 heteroatoms. The molecule has 19 heavy (non-hydrogen) atoms. The number of ether oxygens (including phenoxy) is 1. The van der Waals surface area contributed by atoms with Gasteiger partial charge in [0.1, 0.15) is 12.4 Å². The summed E-state index contributed by atoms with van der Waals surface area (Å²) in [6.45, 7) is 0.535. The highest BCUT2D eigenvalue weighted by atomic mass is 79.9. The summed E-state index contributed by atoms with van der Waals surface area (Å²) in [5, 5.41) is 0. The van der Waals surface area contributed by atoms with E-state index in [4.69, 9.17) is 10.6 Å². The molecule has 0 aliphatic carbocycles. The van der Waals surface area contributed by atoms with Gasteiger partial charge in [0, 0.05) is 4.47 Å². The van der Waals surface area contributed by atoms with Gasteiger partial charge >= 0.3 is 0 Å². The summed E-state index contributed by atoms with van der Waals surface area (Å²) in [5.74, 6) is 6.44. The monoisotopic (exact) mass is 320 g/mol. The molecule has 1 unspecified atom stereocenters. The fraction of sp³-hybridized carbons (Fsp3) is 0.200. The molecule has 1 atom stereocenters. The van der Waals surface area contributed by atoms with Crippen LogP contribution in [0.4, 0.5) is 0 Å². The molecule has 0 radical (unpaired) electrons. The van der Waals surface area contributed by atoms with Crippen LogP contribution >= 0.6 is 15.9 Å². The van der Waals surface area contributed by atoms with Gasteiger partial charge in [-0.15, -0.1) is 0 Å². The van der Waals surface area contributed by atoms with Crippen LogP contribution in [-0.2, 0) is 6.42 Å². The van der Waals surface area contributed by atoms with Gasteiger partial charge in [0.15, 0.2) is 0 Å². The smallest absolute Gasteiger partial charge is 0.119 e. The van der Waals surface area contributed by atoms with E-state index in [9.17, 15) is 0 Å². The Balaban J connectivity index is 1.90. The average Bonchev–Trinajstić information content (AvgIpc) is 2.44. The summed E-state index contributed by atoms with van der Waals surface area (Å²) in [5.41, 5.74) is 4.02. The van der Waals surface area contributed by atoms with Crippen molar-refractivity contribution in [2.24, 2.45) is 5.84 Å². The third-order valence-electron chi connectivity index (χ3n) is 2.80. The molecule has 3 nitrogen and oxygen atoms in total. The highest BCUT2D eigenvalue weighted by Crippen LogP contribution is 2.14. The van der Waals surface area contributed by atoms with Crippen molar-refractivity contribution in [1.29, 1.82) is 0 Å². The molecule has 0 spiro atoms. The first-order valence-electron chi connectivity index (χ1n) is 6.16. The second-order valence-electron chi connectivity index (χ2n) is 4.32. The second-order valence-corrected chi connectivity index (χ2v) is 5.24. The van der Waals surface area contributed by atoms with Crippen molar-refractivity contribution in [2.75, 3.05) is 6.61 Å². The lowest BCUT2D eigenvalue weighted by Crippen LogP contribution is -2.41. The van der Waals surface area contributed by atoms with Crippen LogP contribution in [-0.4, -0.2) is 12.6 Å². The Labute approximate surface area is 121 Å². The Morgan fingerprint density at radius 2 is 1.89 bits per heavy atom. The van der Waals surface area contributed by atoms with Crippen molar-refractivity contribution in [2.45, 2.75) is 12.5 Å². The van der Waals surface area contributed by atoms with Crippen LogP contribution in [0, 0.1) is 0 Å². The predicted molar refractivity (Wildman–Crippen MR) is 80.9 cm³/mol. The van der Waals surface area contributed by atoms with E-state index in [1.165, 1.54) is 5.56 Å². The number of hydrogen-bond acceptors (Lipinski definition) is 3. The zero-order chi connectivity index (χ0) is 13.5. The maximum Gasteiger partial charge on any atom is 0.119 e. The highest BCUT2D eigenvalue weighted by Gasteiger charge is 2.09. The summed E-state index contributed by atoms with van der Waals surface area (Å²) in [7, 11) is 0. The number of nitrogens with two attached hydrogens (primary N) is 1. The first kappa shape index (κ1) is 14.1. The molecular weight excluding hydrogens is 304 g/mol. The molecule has 0 bridgehead atoms. The van der Waals surface area contributed by atoms with Gasteiger partial charge in [-0.25, -0.2) is 0 Å². The van der Waals surface area contributed by atoms with Gasteiger partial charge in [-0.1, -0.05) is 46.3 Å². The number of hydrazine groups is 1. The first-order valence-corrected chi connectivity index (χ1v) is 6.95. The molecule has 0 heterocycles. The number of halogens is 1. The van der Waals surface area contributed by atoms with Crippen LogP contribution in [0.5, 0.6) is 5.75 Å². The van der Waals surface area contributed by atoms with Gasteiger partial charge in [0.25, 0.3) is 0 Å². The topological polar surface area (TPSA) is 47.3 Å². The average molecular weight is 321 g/mol. The quantitative estimate of drug-likeness (QED) is 0.635. The van der Waals surface area contributed by atoms with E-state index >= 15 is 0 Å². The lowest BCUT2D eigenvalue weighted by atomic mass is 10.1. The Hall–Kier alpha value is -1.36.